The molecular weight excluding hydrogens is 308 g/mol. The van der Waals surface area contributed by atoms with E-state index in [4.69, 9.17) is 0 Å². The molecule has 0 bridgehead atoms. The van der Waals surface area contributed by atoms with Crippen molar-refractivity contribution in [2.24, 2.45) is 0 Å². The Morgan fingerprint density at radius 2 is 1.24 bits per heavy atom. The Morgan fingerprint density at radius 1 is 0.760 bits per heavy atom. The molecule has 0 spiro atoms. The number of hydrogen-bond acceptors (Lipinski definition) is 2. The van der Waals surface area contributed by atoms with Crippen molar-refractivity contribution in [3.05, 3.63) is 58.7 Å². The third kappa shape index (κ3) is 4.56. The van der Waals surface area contributed by atoms with Crippen LogP contribution in [0.15, 0.2) is 36.4 Å². The summed E-state index contributed by atoms with van der Waals surface area (Å²) in [4.78, 5) is 0. The van der Waals surface area contributed by atoms with Crippen LogP contribution in [0.25, 0.3) is 0 Å². The number of aromatic hydroxyl groups is 2. The molecule has 0 amide bonds. The van der Waals surface area contributed by atoms with Crippen molar-refractivity contribution in [3.63, 3.8) is 0 Å². The molecule has 0 aliphatic rings. The first-order valence-corrected chi connectivity index (χ1v) is 9.05. The number of rotatable bonds is 3. The van der Waals surface area contributed by atoms with Crippen molar-refractivity contribution in [1.82, 2.24) is 0 Å². The summed E-state index contributed by atoms with van der Waals surface area (Å²) in [7, 11) is 0. The van der Waals surface area contributed by atoms with Gasteiger partial charge >= 0.3 is 0 Å². The fourth-order valence-corrected chi connectivity index (χ4v) is 3.50. The SMILES string of the molecule is CC(Cc1ccc(O)cc1C(C)(C)C)c1ccc(O)cc1C(C)(C)C. The second-order valence-corrected chi connectivity index (χ2v) is 9.22. The second kappa shape index (κ2) is 6.74. The Balaban J connectivity index is 2.44. The lowest BCUT2D eigenvalue weighted by Gasteiger charge is -2.28. The van der Waals surface area contributed by atoms with Crippen molar-refractivity contribution in [2.45, 2.75) is 71.6 Å². The maximum Gasteiger partial charge on any atom is 0.115 e. The normalized spacial score (nSPS) is 13.7. The Labute approximate surface area is 152 Å². The smallest absolute Gasteiger partial charge is 0.115 e. The first-order chi connectivity index (χ1) is 11.4. The van der Waals surface area contributed by atoms with E-state index in [9.17, 15) is 10.2 Å². The Hall–Kier alpha value is -1.96. The van der Waals surface area contributed by atoms with Crippen LogP contribution in [0, 0.1) is 0 Å². The van der Waals surface area contributed by atoms with E-state index in [-0.39, 0.29) is 10.8 Å². The van der Waals surface area contributed by atoms with E-state index in [1.54, 1.807) is 12.1 Å². The topological polar surface area (TPSA) is 40.5 Å². The summed E-state index contributed by atoms with van der Waals surface area (Å²) in [5, 5.41) is 19.8. The van der Waals surface area contributed by atoms with Crippen LogP contribution in [-0.2, 0) is 17.3 Å². The summed E-state index contributed by atoms with van der Waals surface area (Å²) in [5.41, 5.74) is 4.88. The van der Waals surface area contributed by atoms with E-state index >= 15 is 0 Å². The van der Waals surface area contributed by atoms with E-state index in [2.05, 4.69) is 54.5 Å². The molecule has 2 rings (SSSR count). The molecule has 0 heterocycles. The predicted molar refractivity (Wildman–Crippen MR) is 106 cm³/mol. The number of benzene rings is 2. The van der Waals surface area contributed by atoms with Crippen molar-refractivity contribution < 1.29 is 10.2 Å². The highest BCUT2D eigenvalue weighted by molar-refractivity contribution is 5.44. The van der Waals surface area contributed by atoms with Crippen molar-refractivity contribution >= 4 is 0 Å². The summed E-state index contributed by atoms with van der Waals surface area (Å²) < 4.78 is 0. The first kappa shape index (κ1) is 19.4. The molecule has 2 aromatic carbocycles. The maximum atomic E-state index is 9.93. The highest BCUT2D eigenvalue weighted by Crippen LogP contribution is 2.37. The fourth-order valence-electron chi connectivity index (χ4n) is 3.50. The van der Waals surface area contributed by atoms with Crippen LogP contribution in [0.3, 0.4) is 0 Å². The zero-order chi connectivity index (χ0) is 19.0. The van der Waals surface area contributed by atoms with Gasteiger partial charge in [0.15, 0.2) is 0 Å². The van der Waals surface area contributed by atoms with Crippen LogP contribution in [0.5, 0.6) is 11.5 Å². The molecule has 0 saturated heterocycles. The molecule has 0 radical (unpaired) electrons. The molecule has 2 N–H and O–H groups in total. The molecule has 2 heteroatoms. The average Bonchev–Trinajstić information content (AvgIpc) is 2.47. The van der Waals surface area contributed by atoms with Gasteiger partial charge in [-0.3, -0.25) is 0 Å². The molecule has 0 aliphatic heterocycles. The molecule has 1 unspecified atom stereocenters. The van der Waals surface area contributed by atoms with Crippen molar-refractivity contribution in [2.75, 3.05) is 0 Å². The predicted octanol–water partition coefficient (Wildman–Crippen LogP) is 6.04. The average molecular weight is 341 g/mol. The van der Waals surface area contributed by atoms with E-state index in [0.717, 1.165) is 6.42 Å². The van der Waals surface area contributed by atoms with Gasteiger partial charge in [0.2, 0.25) is 0 Å². The number of phenols is 2. The summed E-state index contributed by atoms with van der Waals surface area (Å²) in [5.74, 6) is 0.961. The third-order valence-electron chi connectivity index (χ3n) is 4.80. The van der Waals surface area contributed by atoms with Crippen molar-refractivity contribution in [3.8, 4) is 11.5 Å². The highest BCUT2D eigenvalue weighted by Gasteiger charge is 2.24. The minimum absolute atomic E-state index is 0.0182. The third-order valence-corrected chi connectivity index (χ3v) is 4.80. The standard InChI is InChI=1S/C23H32O2/c1-15(19-11-10-18(25)14-21(19)23(5,6)7)12-16-8-9-17(24)13-20(16)22(2,3)4/h8-11,13-15,24-25H,12H2,1-7H3. The lowest BCUT2D eigenvalue weighted by atomic mass is 9.77. The van der Waals surface area contributed by atoms with E-state index in [0.29, 0.717) is 17.4 Å². The summed E-state index contributed by atoms with van der Waals surface area (Å²) in [6, 6.07) is 11.4. The second-order valence-electron chi connectivity index (χ2n) is 9.22. The van der Waals surface area contributed by atoms with Crippen LogP contribution in [0.1, 0.15) is 76.6 Å². The van der Waals surface area contributed by atoms with Gasteiger partial charge in [0.1, 0.15) is 11.5 Å². The van der Waals surface area contributed by atoms with Gasteiger partial charge in [-0.15, -0.1) is 0 Å². The summed E-state index contributed by atoms with van der Waals surface area (Å²) in [6.45, 7) is 15.3. The maximum absolute atomic E-state index is 9.93. The molecule has 0 saturated carbocycles. The minimum Gasteiger partial charge on any atom is -0.508 e. The molecule has 1 atom stereocenters. The Kier molecular flexibility index (Phi) is 5.22. The Morgan fingerprint density at radius 3 is 1.76 bits per heavy atom. The van der Waals surface area contributed by atoms with E-state index in [1.165, 1.54) is 22.3 Å². The highest BCUT2D eigenvalue weighted by atomic mass is 16.3. The van der Waals surface area contributed by atoms with Crippen LogP contribution >= 0.6 is 0 Å². The van der Waals surface area contributed by atoms with Crippen LogP contribution in [-0.4, -0.2) is 10.2 Å². The summed E-state index contributed by atoms with van der Waals surface area (Å²) in [6.07, 6.45) is 0.904. The quantitative estimate of drug-likeness (QED) is 0.715. The van der Waals surface area contributed by atoms with Gasteiger partial charge in [-0.05, 0) is 69.7 Å². The van der Waals surface area contributed by atoms with Gasteiger partial charge in [-0.1, -0.05) is 60.6 Å². The fraction of sp³-hybridized carbons (Fsp3) is 0.478. The largest absolute Gasteiger partial charge is 0.508 e. The zero-order valence-electron chi connectivity index (χ0n) is 16.6. The van der Waals surface area contributed by atoms with Crippen LogP contribution in [0.4, 0.5) is 0 Å². The minimum atomic E-state index is -0.0237. The van der Waals surface area contributed by atoms with Crippen molar-refractivity contribution in [1.29, 1.82) is 0 Å². The zero-order valence-corrected chi connectivity index (χ0v) is 16.6. The molecule has 136 valence electrons. The molecular formula is C23H32O2. The lowest BCUT2D eigenvalue weighted by molar-refractivity contribution is 0.468. The number of hydrogen-bond donors (Lipinski definition) is 2. The van der Waals surface area contributed by atoms with Gasteiger partial charge in [0.05, 0.1) is 0 Å². The van der Waals surface area contributed by atoms with Gasteiger partial charge in [-0.2, -0.15) is 0 Å². The Bertz CT molecular complexity index is 746. The molecule has 0 aromatic heterocycles. The van der Waals surface area contributed by atoms with Gasteiger partial charge in [0, 0.05) is 0 Å². The molecule has 0 fully saturated rings. The molecule has 25 heavy (non-hydrogen) atoms. The lowest BCUT2D eigenvalue weighted by Crippen LogP contribution is -2.18. The van der Waals surface area contributed by atoms with Gasteiger partial charge in [-0.25, -0.2) is 0 Å². The molecule has 2 nitrogen and oxygen atoms in total. The van der Waals surface area contributed by atoms with E-state index < -0.39 is 0 Å². The van der Waals surface area contributed by atoms with E-state index in [1.807, 2.05) is 18.2 Å². The first-order valence-electron chi connectivity index (χ1n) is 9.05. The van der Waals surface area contributed by atoms with Crippen LogP contribution < -0.4 is 0 Å². The molecule has 0 aliphatic carbocycles. The summed E-state index contributed by atoms with van der Waals surface area (Å²) >= 11 is 0. The van der Waals surface area contributed by atoms with Gasteiger partial charge in [0.25, 0.3) is 0 Å². The van der Waals surface area contributed by atoms with Crippen LogP contribution in [0.2, 0.25) is 0 Å². The molecule has 2 aromatic rings. The monoisotopic (exact) mass is 340 g/mol. The number of phenolic OH excluding ortho intramolecular Hbond substituents is 2. The van der Waals surface area contributed by atoms with Gasteiger partial charge < -0.3 is 10.2 Å².